The van der Waals surface area contributed by atoms with Crippen molar-refractivity contribution in [1.29, 1.82) is 0 Å². The topological polar surface area (TPSA) is 211 Å². The van der Waals surface area contributed by atoms with Crippen molar-refractivity contribution in [2.24, 2.45) is 0 Å². The molecule has 0 bridgehead atoms. The van der Waals surface area contributed by atoms with E-state index < -0.39 is 54.1 Å². The van der Waals surface area contributed by atoms with Gasteiger partial charge in [-0.05, 0) is 53.4 Å². The van der Waals surface area contributed by atoms with E-state index in [0.717, 1.165) is 17.8 Å². The molecule has 6 N–H and O–H groups in total. The van der Waals surface area contributed by atoms with Gasteiger partial charge < -0.3 is 30.5 Å². The lowest BCUT2D eigenvalue weighted by Gasteiger charge is -2.34. The number of rotatable bonds is 11. The molecular weight excluding hydrogens is 765 g/mol. The molecule has 0 aliphatic carbocycles. The summed E-state index contributed by atoms with van der Waals surface area (Å²) in [6.45, 7) is 6.50. The van der Waals surface area contributed by atoms with Crippen LogP contribution >= 0.6 is 0 Å². The zero-order chi connectivity index (χ0) is 41.5. The zero-order valence-electron chi connectivity index (χ0n) is 31.3. The lowest BCUT2D eigenvalue weighted by Crippen LogP contribution is -2.45. The van der Waals surface area contributed by atoms with Crippen molar-refractivity contribution in [3.63, 3.8) is 0 Å². The Morgan fingerprint density at radius 1 is 0.983 bits per heavy atom. The Morgan fingerprint density at radius 3 is 2.29 bits per heavy atom. The number of aromatic amines is 1. The number of ether oxygens (including phenoxy) is 1. The third-order valence-electron chi connectivity index (χ3n) is 10.3. The summed E-state index contributed by atoms with van der Waals surface area (Å²) in [4.78, 5) is 46.2. The molecule has 19 heteroatoms. The summed E-state index contributed by atoms with van der Waals surface area (Å²) in [6.07, 6.45) is -5.13. The molecular formula is C39H41F3N8O8. The van der Waals surface area contributed by atoms with Crippen LogP contribution in [0.5, 0.6) is 11.5 Å². The monoisotopic (exact) mass is 806 g/mol. The molecule has 3 atom stereocenters. The van der Waals surface area contributed by atoms with Crippen LogP contribution in [0.15, 0.2) is 76.4 Å². The lowest BCUT2D eigenvalue weighted by molar-refractivity contribution is -0.140. The Kier molecular flexibility index (Phi) is 11.3. The highest BCUT2D eigenvalue weighted by Gasteiger charge is 2.59. The van der Waals surface area contributed by atoms with Crippen molar-refractivity contribution >= 4 is 11.7 Å². The Balaban J connectivity index is 0.924. The summed E-state index contributed by atoms with van der Waals surface area (Å²) >= 11 is 0. The first-order valence-electron chi connectivity index (χ1n) is 18.4. The molecule has 0 spiro atoms. The van der Waals surface area contributed by atoms with Crippen LogP contribution in [-0.4, -0.2) is 111 Å². The van der Waals surface area contributed by atoms with Gasteiger partial charge in [0.15, 0.2) is 11.9 Å². The van der Waals surface area contributed by atoms with E-state index in [1.165, 1.54) is 16.7 Å². The molecule has 306 valence electrons. The molecule has 2 fully saturated rings. The number of hydrogen-bond donors (Lipinski definition) is 6. The average Bonchev–Trinajstić information content (AvgIpc) is 3.67. The van der Waals surface area contributed by atoms with Crippen molar-refractivity contribution in [2.75, 3.05) is 38.1 Å². The Labute approximate surface area is 328 Å². The molecule has 7 rings (SSSR count). The number of hydrogen-bond acceptors (Lipinski definition) is 12. The SMILES string of the molecule is CC(C)c1cc(-c2n[nH]c(=O)n2-c2ccc(CN3CCN(Cc4ccc(C(=O)Nc5ccn(C6O[C@H](CO)[C@@H](O)C6(F)F)c(=O)n5)cc4)CC3)c(F)c2)c(O)cc1O. The number of amides is 1. The van der Waals surface area contributed by atoms with Gasteiger partial charge >= 0.3 is 17.3 Å². The molecule has 0 radical (unpaired) electrons. The van der Waals surface area contributed by atoms with Gasteiger partial charge in [-0.1, -0.05) is 32.0 Å². The van der Waals surface area contributed by atoms with E-state index in [9.17, 15) is 43.6 Å². The number of aliphatic hydroxyl groups is 2. The molecule has 1 unspecified atom stereocenters. The standard InChI is InChI=1S/C39H41F3N8O8/c1-21(2)26-16-27(30(53)17-29(26)52)34-45-46-38(57)50(34)25-8-7-24(28(40)15-25)19-48-13-11-47(12-14-48)18-22-3-5-23(6-4-22)35(55)43-32-9-10-49(37(56)44-32)36-39(41,42)33(54)31(20-51)58-36/h3-10,15-17,21,31,33,36,51-54H,11-14,18-20H2,1-2H3,(H,46,57)(H,43,44,55,56)/t31-,33-,36?/m1/s1. The fraction of sp³-hybridized carbons (Fsp3) is 0.359. The summed E-state index contributed by atoms with van der Waals surface area (Å²) in [6, 6.07) is 15.2. The molecule has 16 nitrogen and oxygen atoms in total. The first kappa shape index (κ1) is 40.3. The Bertz CT molecular complexity index is 2430. The van der Waals surface area contributed by atoms with Gasteiger partial charge in [-0.3, -0.25) is 19.2 Å². The highest BCUT2D eigenvalue weighted by molar-refractivity contribution is 6.03. The number of nitrogens with zero attached hydrogens (tertiary/aromatic N) is 6. The summed E-state index contributed by atoms with van der Waals surface area (Å²) < 4.78 is 51.2. The van der Waals surface area contributed by atoms with Gasteiger partial charge in [0.1, 0.15) is 29.2 Å². The van der Waals surface area contributed by atoms with Crippen LogP contribution in [0, 0.1) is 5.82 Å². The minimum absolute atomic E-state index is 0.0678. The van der Waals surface area contributed by atoms with Crippen molar-refractivity contribution in [2.45, 2.75) is 57.2 Å². The summed E-state index contributed by atoms with van der Waals surface area (Å²) in [5.74, 6) is -5.53. The molecule has 4 heterocycles. The zero-order valence-corrected chi connectivity index (χ0v) is 31.3. The van der Waals surface area contributed by atoms with Crippen LogP contribution in [0.2, 0.25) is 0 Å². The lowest BCUT2D eigenvalue weighted by atomic mass is 9.98. The first-order valence-corrected chi connectivity index (χ1v) is 18.4. The second kappa shape index (κ2) is 16.2. The number of halogens is 3. The van der Waals surface area contributed by atoms with Gasteiger partial charge in [-0.2, -0.15) is 18.9 Å². The second-order valence-corrected chi connectivity index (χ2v) is 14.6. The minimum atomic E-state index is -3.87. The van der Waals surface area contributed by atoms with Gasteiger partial charge in [0.25, 0.3) is 5.91 Å². The Morgan fingerprint density at radius 2 is 1.67 bits per heavy atom. The normalized spacial score (nSPS) is 19.8. The number of H-pyrrole nitrogens is 1. The number of carbonyl (C=O) groups excluding carboxylic acids is 1. The van der Waals surface area contributed by atoms with Gasteiger partial charge in [-0.25, -0.2) is 23.6 Å². The largest absolute Gasteiger partial charge is 0.508 e. The van der Waals surface area contributed by atoms with Gasteiger partial charge in [-0.15, -0.1) is 0 Å². The second-order valence-electron chi connectivity index (χ2n) is 14.6. The van der Waals surface area contributed by atoms with Crippen LogP contribution in [0.1, 0.15) is 53.0 Å². The predicted molar refractivity (Wildman–Crippen MR) is 202 cm³/mol. The van der Waals surface area contributed by atoms with Gasteiger partial charge in [0.05, 0.1) is 17.9 Å². The number of piperazine rings is 1. The van der Waals surface area contributed by atoms with E-state index in [1.807, 2.05) is 13.8 Å². The van der Waals surface area contributed by atoms with Crippen molar-refractivity contribution < 1.29 is 43.1 Å². The smallest absolute Gasteiger partial charge is 0.351 e. The van der Waals surface area contributed by atoms with E-state index in [2.05, 4.69) is 30.3 Å². The van der Waals surface area contributed by atoms with E-state index >= 15 is 4.39 Å². The molecule has 2 aromatic heterocycles. The maximum absolute atomic E-state index is 15.5. The van der Waals surface area contributed by atoms with Crippen LogP contribution in [0.25, 0.3) is 17.1 Å². The number of aliphatic hydroxyl groups excluding tert-OH is 2. The number of anilines is 1. The number of phenols is 2. The van der Waals surface area contributed by atoms with Crippen molar-refractivity contribution in [1.82, 2.24) is 34.1 Å². The van der Waals surface area contributed by atoms with Crippen molar-refractivity contribution in [3.05, 3.63) is 116 Å². The fourth-order valence-corrected chi connectivity index (χ4v) is 7.09. The van der Waals surface area contributed by atoms with Crippen LogP contribution < -0.4 is 16.7 Å². The maximum atomic E-state index is 15.5. The first-order chi connectivity index (χ1) is 27.6. The summed E-state index contributed by atoms with van der Waals surface area (Å²) in [5.41, 5.74) is 0.831. The van der Waals surface area contributed by atoms with E-state index in [-0.39, 0.29) is 45.9 Å². The van der Waals surface area contributed by atoms with Gasteiger partial charge in [0.2, 0.25) is 6.23 Å². The molecule has 3 aromatic carbocycles. The predicted octanol–water partition coefficient (Wildman–Crippen LogP) is 2.91. The van der Waals surface area contributed by atoms with Crippen LogP contribution in [-0.2, 0) is 17.8 Å². The fourth-order valence-electron chi connectivity index (χ4n) is 7.09. The number of benzene rings is 3. The third-order valence-corrected chi connectivity index (χ3v) is 10.3. The van der Waals surface area contributed by atoms with E-state index in [0.29, 0.717) is 55.0 Å². The number of aromatic hydroxyl groups is 2. The summed E-state index contributed by atoms with van der Waals surface area (Å²) in [7, 11) is 0. The van der Waals surface area contributed by atoms with E-state index in [1.54, 1.807) is 42.5 Å². The number of alkyl halides is 2. The molecule has 0 saturated carbocycles. The number of nitrogens with one attached hydrogen (secondary N) is 2. The summed E-state index contributed by atoms with van der Waals surface area (Å²) in [5, 5.41) is 48.7. The van der Waals surface area contributed by atoms with Crippen molar-refractivity contribution in [3.8, 4) is 28.6 Å². The molecule has 58 heavy (non-hydrogen) atoms. The molecule has 1 amide bonds. The number of carbonyl (C=O) groups is 1. The van der Waals surface area contributed by atoms with Gasteiger partial charge in [0, 0.05) is 62.7 Å². The third kappa shape index (κ3) is 7.98. The quantitative estimate of drug-likeness (QED) is 0.114. The highest BCUT2D eigenvalue weighted by atomic mass is 19.3. The molecule has 2 aliphatic rings. The number of aromatic nitrogens is 5. The minimum Gasteiger partial charge on any atom is -0.508 e. The molecule has 2 aliphatic heterocycles. The Hall–Kier alpha value is -5.86. The molecule has 2 saturated heterocycles. The molecule has 5 aromatic rings. The van der Waals surface area contributed by atoms with E-state index in [4.69, 9.17) is 4.74 Å². The highest BCUT2D eigenvalue weighted by Crippen LogP contribution is 2.42. The van der Waals surface area contributed by atoms with Crippen LogP contribution in [0.4, 0.5) is 19.0 Å². The number of phenolic OH excluding ortho intramolecular Hbond substituents is 2. The van der Waals surface area contributed by atoms with Crippen LogP contribution in [0.3, 0.4) is 0 Å². The average molecular weight is 807 g/mol. The maximum Gasteiger partial charge on any atom is 0.351 e.